The quantitative estimate of drug-likeness (QED) is 0.154. The van der Waals surface area contributed by atoms with Gasteiger partial charge in [0.25, 0.3) is 0 Å². The minimum Gasteiger partial charge on any atom is -0.479 e. The predicted octanol–water partition coefficient (Wildman–Crippen LogP) is -0.306. The van der Waals surface area contributed by atoms with Crippen LogP contribution < -0.4 is 15.4 Å². The number of hydrogen-bond acceptors (Lipinski definition) is 11. The minimum atomic E-state index is -1.89. The highest BCUT2D eigenvalue weighted by Crippen LogP contribution is 2.31. The predicted molar refractivity (Wildman–Crippen MR) is 128 cm³/mol. The first-order chi connectivity index (χ1) is 17.0. The molecule has 13 heteroatoms. The van der Waals surface area contributed by atoms with E-state index in [0.717, 1.165) is 0 Å². The molecule has 0 saturated carbocycles. The van der Waals surface area contributed by atoms with Crippen LogP contribution in [0.5, 0.6) is 5.75 Å². The summed E-state index contributed by atoms with van der Waals surface area (Å²) in [6.07, 6.45) is -9.18. The third kappa shape index (κ3) is 8.91. The number of esters is 1. The third-order valence-corrected chi connectivity index (χ3v) is 5.27. The molecule has 1 aliphatic rings. The van der Waals surface area contributed by atoms with Gasteiger partial charge in [-0.3, -0.25) is 14.9 Å². The number of carboxylic acids is 1. The van der Waals surface area contributed by atoms with Crippen LogP contribution in [0.4, 0.5) is 5.69 Å². The molecular weight excluding hydrogens is 492 g/mol. The van der Waals surface area contributed by atoms with Crippen LogP contribution >= 0.6 is 0 Å². The lowest BCUT2D eigenvalue weighted by Crippen LogP contribution is -2.61. The van der Waals surface area contributed by atoms with Crippen molar-refractivity contribution in [1.29, 1.82) is 0 Å². The van der Waals surface area contributed by atoms with Gasteiger partial charge in [0, 0.05) is 13.0 Å². The van der Waals surface area contributed by atoms with Crippen molar-refractivity contribution < 1.29 is 54.1 Å². The maximum atomic E-state index is 12.5. The SMILES string of the molecule is CC(C)(O)NCCC(=O)Nc1cc(COC(=O)C(C)(C)C)ccc1O[C@@H]1O[C@H](C(=O)O)[C@@H](O)[C@H](O)[C@H]1O. The Hall–Kier alpha value is -2.81. The van der Waals surface area contributed by atoms with Crippen molar-refractivity contribution in [2.75, 3.05) is 11.9 Å². The number of aliphatic carboxylic acids is 1. The average molecular weight is 529 g/mol. The van der Waals surface area contributed by atoms with Crippen LogP contribution in [0.3, 0.4) is 0 Å². The molecule has 1 aromatic carbocycles. The number of carbonyl (C=O) groups excluding carboxylic acids is 2. The molecule has 1 fully saturated rings. The molecule has 1 aliphatic heterocycles. The largest absolute Gasteiger partial charge is 0.479 e. The zero-order chi connectivity index (χ0) is 28.1. The monoisotopic (exact) mass is 528 g/mol. The van der Waals surface area contributed by atoms with Crippen molar-refractivity contribution in [1.82, 2.24) is 5.32 Å². The minimum absolute atomic E-state index is 0.0405. The molecule has 0 aliphatic carbocycles. The number of carboxylic acid groups (broad SMARTS) is 1. The van der Waals surface area contributed by atoms with Gasteiger partial charge in [-0.1, -0.05) is 6.07 Å². The first-order valence-electron chi connectivity index (χ1n) is 11.7. The highest BCUT2D eigenvalue weighted by molar-refractivity contribution is 5.92. The number of aliphatic hydroxyl groups is 4. The second-order valence-corrected chi connectivity index (χ2v) is 10.3. The van der Waals surface area contributed by atoms with E-state index in [0.29, 0.717) is 5.56 Å². The lowest BCUT2D eigenvalue weighted by molar-refractivity contribution is -0.271. The van der Waals surface area contributed by atoms with Crippen molar-refractivity contribution in [2.24, 2.45) is 5.41 Å². The van der Waals surface area contributed by atoms with Crippen LogP contribution in [-0.2, 0) is 30.5 Å². The smallest absolute Gasteiger partial charge is 0.335 e. The number of ether oxygens (including phenoxy) is 3. The summed E-state index contributed by atoms with van der Waals surface area (Å²) in [7, 11) is 0. The summed E-state index contributed by atoms with van der Waals surface area (Å²) in [5.41, 5.74) is -1.35. The fourth-order valence-electron chi connectivity index (χ4n) is 3.20. The maximum absolute atomic E-state index is 12.5. The fourth-order valence-corrected chi connectivity index (χ4v) is 3.20. The zero-order valence-electron chi connectivity index (χ0n) is 21.4. The Morgan fingerprint density at radius 1 is 1.03 bits per heavy atom. The summed E-state index contributed by atoms with van der Waals surface area (Å²) in [5.74, 6) is -2.54. The second kappa shape index (κ2) is 12.2. The number of aliphatic hydroxyl groups excluding tert-OH is 3. The van der Waals surface area contributed by atoms with Crippen molar-refractivity contribution in [3.63, 3.8) is 0 Å². The number of hydrogen-bond donors (Lipinski definition) is 7. The molecule has 0 unspecified atom stereocenters. The van der Waals surface area contributed by atoms with E-state index >= 15 is 0 Å². The first kappa shape index (κ1) is 30.4. The molecule has 1 saturated heterocycles. The number of anilines is 1. The summed E-state index contributed by atoms with van der Waals surface area (Å²) in [6.45, 7) is 8.16. The van der Waals surface area contributed by atoms with Crippen LogP contribution in [0.2, 0.25) is 0 Å². The van der Waals surface area contributed by atoms with E-state index in [-0.39, 0.29) is 31.0 Å². The Morgan fingerprint density at radius 3 is 2.24 bits per heavy atom. The highest BCUT2D eigenvalue weighted by Gasteiger charge is 2.48. The molecule has 5 atom stereocenters. The zero-order valence-corrected chi connectivity index (χ0v) is 21.4. The number of carbonyl (C=O) groups is 3. The topological polar surface area (TPSA) is 204 Å². The van der Waals surface area contributed by atoms with E-state index in [4.69, 9.17) is 14.2 Å². The van der Waals surface area contributed by atoms with Gasteiger partial charge >= 0.3 is 11.9 Å². The number of rotatable bonds is 10. The van der Waals surface area contributed by atoms with Gasteiger partial charge in [-0.2, -0.15) is 0 Å². The van der Waals surface area contributed by atoms with E-state index in [9.17, 15) is 39.9 Å². The number of benzene rings is 1. The van der Waals surface area contributed by atoms with E-state index < -0.39 is 59.7 Å². The van der Waals surface area contributed by atoms with Crippen LogP contribution in [0.25, 0.3) is 0 Å². The maximum Gasteiger partial charge on any atom is 0.335 e. The lowest BCUT2D eigenvalue weighted by atomic mass is 9.97. The molecule has 37 heavy (non-hydrogen) atoms. The Labute approximate surface area is 214 Å². The van der Waals surface area contributed by atoms with Gasteiger partial charge in [-0.15, -0.1) is 0 Å². The van der Waals surface area contributed by atoms with Gasteiger partial charge in [0.15, 0.2) is 6.10 Å². The third-order valence-electron chi connectivity index (χ3n) is 5.27. The van der Waals surface area contributed by atoms with E-state index in [1.54, 1.807) is 20.8 Å². The number of amides is 1. The summed E-state index contributed by atoms with van der Waals surface area (Å²) in [5, 5.41) is 54.6. The summed E-state index contributed by atoms with van der Waals surface area (Å²) in [4.78, 5) is 36.1. The second-order valence-electron chi connectivity index (χ2n) is 10.3. The van der Waals surface area contributed by atoms with Gasteiger partial charge < -0.3 is 45.1 Å². The van der Waals surface area contributed by atoms with Crippen molar-refractivity contribution in [3.8, 4) is 5.75 Å². The summed E-state index contributed by atoms with van der Waals surface area (Å²) in [6, 6.07) is 4.36. The molecule has 0 aromatic heterocycles. The van der Waals surface area contributed by atoms with Crippen LogP contribution in [0, 0.1) is 5.41 Å². The van der Waals surface area contributed by atoms with Gasteiger partial charge in [0.1, 0.15) is 36.4 Å². The molecule has 0 bridgehead atoms. The average Bonchev–Trinajstić information content (AvgIpc) is 2.77. The van der Waals surface area contributed by atoms with E-state index in [1.807, 2.05) is 0 Å². The Balaban J connectivity index is 2.26. The van der Waals surface area contributed by atoms with Gasteiger partial charge in [0.05, 0.1) is 11.1 Å². The van der Waals surface area contributed by atoms with Crippen LogP contribution in [0.1, 0.15) is 46.6 Å². The molecule has 0 spiro atoms. The molecule has 7 N–H and O–H groups in total. The van der Waals surface area contributed by atoms with Gasteiger partial charge in [-0.05, 0) is 52.3 Å². The van der Waals surface area contributed by atoms with E-state index in [1.165, 1.54) is 32.0 Å². The van der Waals surface area contributed by atoms with Gasteiger partial charge in [-0.25, -0.2) is 4.79 Å². The van der Waals surface area contributed by atoms with E-state index in [2.05, 4.69) is 10.6 Å². The Morgan fingerprint density at radius 2 is 1.68 bits per heavy atom. The molecule has 1 heterocycles. The Bertz CT molecular complexity index is 970. The fraction of sp³-hybridized carbons (Fsp3) is 0.625. The molecule has 13 nitrogen and oxygen atoms in total. The molecular formula is C24H36N2O11. The van der Waals surface area contributed by atoms with Crippen LogP contribution in [0.15, 0.2) is 18.2 Å². The van der Waals surface area contributed by atoms with Crippen molar-refractivity contribution in [2.45, 2.75) is 84.1 Å². The van der Waals surface area contributed by atoms with Crippen molar-refractivity contribution in [3.05, 3.63) is 23.8 Å². The summed E-state index contributed by atoms with van der Waals surface area (Å²) < 4.78 is 16.1. The molecule has 1 aromatic rings. The number of nitrogens with one attached hydrogen (secondary N) is 2. The highest BCUT2D eigenvalue weighted by atomic mass is 16.7. The standard InChI is InChI=1S/C24H36N2O11/c1-23(2,3)22(33)35-11-12-6-7-14(13(10-12)26-15(27)8-9-25-24(4,5)34)36-21-18(30)16(28)17(29)19(37-21)20(31)32/h6-7,10,16-19,21,25,28-30,34H,8-9,11H2,1-5H3,(H,26,27)(H,31,32)/t16-,17-,18+,19-,21+/m0/s1. The lowest BCUT2D eigenvalue weighted by Gasteiger charge is -2.38. The molecule has 208 valence electrons. The first-order valence-corrected chi connectivity index (χ1v) is 11.7. The van der Waals surface area contributed by atoms with Crippen LogP contribution in [-0.4, -0.2) is 86.4 Å². The van der Waals surface area contributed by atoms with Gasteiger partial charge in [0.2, 0.25) is 12.2 Å². The molecule has 0 radical (unpaired) electrons. The molecule has 2 rings (SSSR count). The summed E-state index contributed by atoms with van der Waals surface area (Å²) >= 11 is 0. The Kier molecular flexibility index (Phi) is 9.99. The normalized spacial score (nSPS) is 24.3. The van der Waals surface area contributed by atoms with Crippen molar-refractivity contribution >= 4 is 23.5 Å². The molecule has 1 amide bonds.